The SMILES string of the molecule is COc1cccc(CC(=O)OCC(=O)NCC(=O)N(C)C)c1. The lowest BCUT2D eigenvalue weighted by Gasteiger charge is -2.11. The summed E-state index contributed by atoms with van der Waals surface area (Å²) in [7, 11) is 4.71. The first kappa shape index (κ1) is 17.5. The molecule has 0 aliphatic heterocycles. The van der Waals surface area contributed by atoms with Crippen LogP contribution >= 0.6 is 0 Å². The molecule has 7 heteroatoms. The van der Waals surface area contributed by atoms with Crippen molar-refractivity contribution in [1.82, 2.24) is 10.2 Å². The van der Waals surface area contributed by atoms with Crippen LogP contribution in [0.1, 0.15) is 5.56 Å². The van der Waals surface area contributed by atoms with Crippen molar-refractivity contribution in [3.63, 3.8) is 0 Å². The highest BCUT2D eigenvalue weighted by Crippen LogP contribution is 2.13. The number of nitrogens with zero attached hydrogens (tertiary/aromatic N) is 1. The highest BCUT2D eigenvalue weighted by atomic mass is 16.5. The number of hydrogen-bond donors (Lipinski definition) is 1. The average Bonchev–Trinajstić information content (AvgIpc) is 2.50. The van der Waals surface area contributed by atoms with E-state index in [1.807, 2.05) is 0 Å². The lowest BCUT2D eigenvalue weighted by molar-refractivity contribution is -0.148. The molecular weight excluding hydrogens is 288 g/mol. The summed E-state index contributed by atoms with van der Waals surface area (Å²) in [6.45, 7) is -0.539. The van der Waals surface area contributed by atoms with Gasteiger partial charge in [-0.1, -0.05) is 12.1 Å². The van der Waals surface area contributed by atoms with E-state index in [1.54, 1.807) is 38.4 Å². The van der Waals surface area contributed by atoms with Crippen molar-refractivity contribution < 1.29 is 23.9 Å². The molecule has 0 unspecified atom stereocenters. The molecule has 0 aliphatic carbocycles. The van der Waals surface area contributed by atoms with Gasteiger partial charge in [0.15, 0.2) is 6.61 Å². The molecule has 0 aromatic heterocycles. The molecule has 1 aromatic carbocycles. The van der Waals surface area contributed by atoms with Gasteiger partial charge in [-0.05, 0) is 17.7 Å². The summed E-state index contributed by atoms with van der Waals surface area (Å²) < 4.78 is 9.91. The molecule has 0 aliphatic rings. The van der Waals surface area contributed by atoms with Gasteiger partial charge in [-0.3, -0.25) is 14.4 Å². The molecule has 7 nitrogen and oxygen atoms in total. The third-order valence-electron chi connectivity index (χ3n) is 2.78. The van der Waals surface area contributed by atoms with Gasteiger partial charge in [-0.2, -0.15) is 0 Å². The Kier molecular flexibility index (Phi) is 6.88. The topological polar surface area (TPSA) is 84.9 Å². The Balaban J connectivity index is 2.33. The molecule has 0 saturated heterocycles. The third-order valence-corrected chi connectivity index (χ3v) is 2.78. The van der Waals surface area contributed by atoms with Crippen LogP contribution in [0.5, 0.6) is 5.75 Å². The van der Waals surface area contributed by atoms with Crippen LogP contribution < -0.4 is 10.1 Å². The molecular formula is C15H20N2O5. The van der Waals surface area contributed by atoms with Crippen LogP contribution in [0.25, 0.3) is 0 Å². The molecule has 0 heterocycles. The summed E-state index contributed by atoms with van der Waals surface area (Å²) in [4.78, 5) is 35.7. The summed E-state index contributed by atoms with van der Waals surface area (Å²) in [5, 5.41) is 2.37. The number of hydrogen-bond acceptors (Lipinski definition) is 5. The molecule has 0 fully saturated rings. The second-order valence-corrected chi connectivity index (χ2v) is 4.75. The van der Waals surface area contributed by atoms with E-state index >= 15 is 0 Å². The van der Waals surface area contributed by atoms with Gasteiger partial charge < -0.3 is 19.7 Å². The fourth-order valence-electron chi connectivity index (χ4n) is 1.53. The van der Waals surface area contributed by atoms with E-state index in [0.29, 0.717) is 5.75 Å². The van der Waals surface area contributed by atoms with Gasteiger partial charge in [0.25, 0.3) is 5.91 Å². The zero-order valence-corrected chi connectivity index (χ0v) is 12.9. The van der Waals surface area contributed by atoms with Crippen molar-refractivity contribution in [2.24, 2.45) is 0 Å². The fraction of sp³-hybridized carbons (Fsp3) is 0.400. The third kappa shape index (κ3) is 6.25. The highest BCUT2D eigenvalue weighted by Gasteiger charge is 2.11. The minimum absolute atomic E-state index is 0.0428. The van der Waals surface area contributed by atoms with Crippen molar-refractivity contribution in [2.75, 3.05) is 34.4 Å². The van der Waals surface area contributed by atoms with Gasteiger partial charge in [-0.25, -0.2) is 0 Å². The molecule has 0 bridgehead atoms. The molecule has 1 N–H and O–H groups in total. The Morgan fingerprint density at radius 2 is 1.95 bits per heavy atom. The van der Waals surface area contributed by atoms with Crippen LogP contribution in [0.3, 0.4) is 0 Å². The minimum atomic E-state index is -0.526. The van der Waals surface area contributed by atoms with Crippen LogP contribution in [0.4, 0.5) is 0 Å². The first-order chi connectivity index (χ1) is 10.4. The number of ether oxygens (including phenoxy) is 2. The number of likely N-dealkylation sites (N-methyl/N-ethyl adjacent to an activating group) is 1. The summed E-state index contributed by atoms with van der Waals surface area (Å²) in [6.07, 6.45) is 0.0428. The number of methoxy groups -OCH3 is 1. The number of nitrogens with one attached hydrogen (secondary N) is 1. The molecule has 0 radical (unpaired) electrons. The van der Waals surface area contributed by atoms with E-state index in [1.165, 1.54) is 12.0 Å². The normalized spacial score (nSPS) is 9.77. The first-order valence-corrected chi connectivity index (χ1v) is 6.67. The van der Waals surface area contributed by atoms with Crippen molar-refractivity contribution in [3.8, 4) is 5.75 Å². The molecule has 1 rings (SSSR count). The van der Waals surface area contributed by atoms with Crippen molar-refractivity contribution in [3.05, 3.63) is 29.8 Å². The maximum atomic E-state index is 11.6. The largest absolute Gasteiger partial charge is 0.497 e. The van der Waals surface area contributed by atoms with Gasteiger partial charge in [0.1, 0.15) is 5.75 Å². The van der Waals surface area contributed by atoms with E-state index in [0.717, 1.165) is 5.56 Å². The second kappa shape index (κ2) is 8.66. The van der Waals surface area contributed by atoms with Crippen LogP contribution in [0, 0.1) is 0 Å². The van der Waals surface area contributed by atoms with Crippen molar-refractivity contribution >= 4 is 17.8 Å². The number of carbonyl (C=O) groups is 3. The van der Waals surface area contributed by atoms with Gasteiger partial charge >= 0.3 is 5.97 Å². The summed E-state index contributed by atoms with van der Waals surface area (Å²) in [6, 6.07) is 7.02. The highest BCUT2D eigenvalue weighted by molar-refractivity contribution is 5.86. The number of rotatable bonds is 7. The van der Waals surface area contributed by atoms with Gasteiger partial charge in [0, 0.05) is 14.1 Å². The monoisotopic (exact) mass is 308 g/mol. The number of esters is 1. The standard InChI is InChI=1S/C15H20N2O5/c1-17(2)14(19)9-16-13(18)10-22-15(20)8-11-5-4-6-12(7-11)21-3/h4-7H,8-10H2,1-3H3,(H,16,18). The lowest BCUT2D eigenvalue weighted by atomic mass is 10.1. The quantitative estimate of drug-likeness (QED) is 0.716. The van der Waals surface area contributed by atoms with Crippen LogP contribution in [0.2, 0.25) is 0 Å². The van der Waals surface area contributed by atoms with E-state index in [9.17, 15) is 14.4 Å². The zero-order chi connectivity index (χ0) is 16.5. The minimum Gasteiger partial charge on any atom is -0.497 e. The Bertz CT molecular complexity index is 542. The van der Waals surface area contributed by atoms with E-state index in [4.69, 9.17) is 9.47 Å². The zero-order valence-electron chi connectivity index (χ0n) is 12.9. The Morgan fingerprint density at radius 1 is 1.23 bits per heavy atom. The Labute approximate surface area is 129 Å². The van der Waals surface area contributed by atoms with E-state index < -0.39 is 18.5 Å². The van der Waals surface area contributed by atoms with Crippen molar-refractivity contribution in [1.29, 1.82) is 0 Å². The van der Waals surface area contributed by atoms with Gasteiger partial charge in [0.2, 0.25) is 5.91 Å². The predicted octanol–water partition coefficient (Wildman–Crippen LogP) is -0.0147. The number of amides is 2. The van der Waals surface area contributed by atoms with Crippen LogP contribution in [-0.2, 0) is 25.5 Å². The van der Waals surface area contributed by atoms with E-state index in [2.05, 4.69) is 5.32 Å². The maximum absolute atomic E-state index is 11.6. The summed E-state index contributed by atoms with van der Waals surface area (Å²) in [5.41, 5.74) is 0.729. The summed E-state index contributed by atoms with van der Waals surface area (Å²) >= 11 is 0. The molecule has 0 spiro atoms. The molecule has 2 amide bonds. The molecule has 22 heavy (non-hydrogen) atoms. The predicted molar refractivity (Wildman–Crippen MR) is 79.4 cm³/mol. The number of carbonyl (C=O) groups excluding carboxylic acids is 3. The molecule has 0 atom stereocenters. The van der Waals surface area contributed by atoms with Crippen molar-refractivity contribution in [2.45, 2.75) is 6.42 Å². The average molecular weight is 308 g/mol. The fourth-order valence-corrected chi connectivity index (χ4v) is 1.53. The Hall–Kier alpha value is -2.57. The molecule has 1 aromatic rings. The van der Waals surface area contributed by atoms with Crippen LogP contribution in [0.15, 0.2) is 24.3 Å². The molecule has 120 valence electrons. The molecule has 0 saturated carbocycles. The maximum Gasteiger partial charge on any atom is 0.310 e. The summed E-state index contributed by atoms with van der Waals surface area (Å²) in [5.74, 6) is -0.641. The van der Waals surface area contributed by atoms with Gasteiger partial charge in [0.05, 0.1) is 20.1 Å². The van der Waals surface area contributed by atoms with Gasteiger partial charge in [-0.15, -0.1) is 0 Å². The van der Waals surface area contributed by atoms with Crippen LogP contribution in [-0.4, -0.2) is 57.0 Å². The lowest BCUT2D eigenvalue weighted by Crippen LogP contribution is -2.38. The Morgan fingerprint density at radius 3 is 2.59 bits per heavy atom. The smallest absolute Gasteiger partial charge is 0.310 e. The van der Waals surface area contributed by atoms with E-state index in [-0.39, 0.29) is 18.9 Å². The second-order valence-electron chi connectivity index (χ2n) is 4.75. The first-order valence-electron chi connectivity index (χ1n) is 6.67. The number of benzene rings is 1.